The molecule has 2 aromatic carbocycles. The molecule has 1 N–H and O–H groups in total. The van der Waals surface area contributed by atoms with E-state index in [0.29, 0.717) is 11.3 Å². The molecule has 0 unspecified atom stereocenters. The van der Waals surface area contributed by atoms with E-state index in [1.54, 1.807) is 24.3 Å². The van der Waals surface area contributed by atoms with Gasteiger partial charge in [-0.05, 0) is 17.7 Å². The van der Waals surface area contributed by atoms with Gasteiger partial charge in [0, 0.05) is 12.5 Å². The second-order valence-corrected chi connectivity index (χ2v) is 4.59. The number of amides is 1. The summed E-state index contributed by atoms with van der Waals surface area (Å²) in [6.45, 7) is 1.33. The molecule has 2 rings (SSSR count). The summed E-state index contributed by atoms with van der Waals surface area (Å²) in [6, 6.07) is 16.3. The first-order valence-corrected chi connectivity index (χ1v) is 6.78. The molecule has 0 aromatic heterocycles. The lowest BCUT2D eigenvalue weighted by Gasteiger charge is -2.04. The highest BCUT2D eigenvalue weighted by Gasteiger charge is 2.04. The van der Waals surface area contributed by atoms with Crippen molar-refractivity contribution in [2.75, 3.05) is 0 Å². The summed E-state index contributed by atoms with van der Waals surface area (Å²) in [5.41, 5.74) is 3.97. The lowest BCUT2D eigenvalue weighted by Crippen LogP contribution is -2.19. The predicted octanol–water partition coefficient (Wildman–Crippen LogP) is 2.30. The molecule has 0 atom stereocenters. The topological polar surface area (TPSA) is 67.8 Å². The fourth-order valence-corrected chi connectivity index (χ4v) is 1.83. The first-order valence-electron chi connectivity index (χ1n) is 6.78. The van der Waals surface area contributed by atoms with Crippen LogP contribution in [0.4, 0.5) is 0 Å². The maximum absolute atomic E-state index is 11.8. The van der Waals surface area contributed by atoms with E-state index in [1.165, 1.54) is 13.1 Å². The van der Waals surface area contributed by atoms with Gasteiger partial charge in [0.1, 0.15) is 5.75 Å². The van der Waals surface area contributed by atoms with Gasteiger partial charge in [0.2, 0.25) is 5.91 Å². The highest BCUT2D eigenvalue weighted by Crippen LogP contribution is 2.15. The Bertz CT molecular complexity index is 681. The van der Waals surface area contributed by atoms with Crippen molar-refractivity contribution in [1.82, 2.24) is 5.43 Å². The zero-order valence-corrected chi connectivity index (χ0v) is 12.2. The number of para-hydroxylation sites is 1. The number of hydrogen-bond donors (Lipinski definition) is 1. The molecular formula is C17H16N2O3. The summed E-state index contributed by atoms with van der Waals surface area (Å²) >= 11 is 0. The van der Waals surface area contributed by atoms with Gasteiger partial charge in [0.25, 0.3) is 0 Å². The number of carbonyl (C=O) groups is 2. The highest BCUT2D eigenvalue weighted by atomic mass is 16.5. The first kappa shape index (κ1) is 15.4. The van der Waals surface area contributed by atoms with Crippen LogP contribution >= 0.6 is 0 Å². The van der Waals surface area contributed by atoms with Gasteiger partial charge < -0.3 is 4.74 Å². The van der Waals surface area contributed by atoms with Crippen LogP contribution in [0, 0.1) is 0 Å². The third-order valence-electron chi connectivity index (χ3n) is 2.77. The molecular weight excluding hydrogens is 280 g/mol. The molecule has 112 valence electrons. The third kappa shape index (κ3) is 4.86. The second kappa shape index (κ2) is 7.73. The number of hydrazone groups is 1. The van der Waals surface area contributed by atoms with E-state index < -0.39 is 5.97 Å². The van der Waals surface area contributed by atoms with Gasteiger partial charge in [0.05, 0.1) is 12.6 Å². The molecule has 0 radical (unpaired) electrons. The predicted molar refractivity (Wildman–Crippen MR) is 83.6 cm³/mol. The lowest BCUT2D eigenvalue weighted by atomic mass is 10.1. The molecule has 0 spiro atoms. The quantitative estimate of drug-likeness (QED) is 0.398. The molecule has 0 bridgehead atoms. The Morgan fingerprint density at radius 1 is 1.09 bits per heavy atom. The molecule has 0 aliphatic heterocycles. The van der Waals surface area contributed by atoms with E-state index >= 15 is 0 Å². The average molecular weight is 296 g/mol. The van der Waals surface area contributed by atoms with Crippen molar-refractivity contribution in [2.45, 2.75) is 13.3 Å². The van der Waals surface area contributed by atoms with Crippen molar-refractivity contribution < 1.29 is 14.3 Å². The van der Waals surface area contributed by atoms with Crippen LogP contribution in [0.5, 0.6) is 5.75 Å². The standard InChI is InChI=1S/C17H16N2O3/c1-13(20)22-16-10-6-5-9-15(16)12-18-19-17(21)11-14-7-3-2-4-8-14/h2-10,12H,11H2,1H3,(H,19,21)/b18-12-. The molecule has 1 amide bonds. The Kier molecular flexibility index (Phi) is 5.43. The number of hydrogen-bond acceptors (Lipinski definition) is 4. The molecule has 0 fully saturated rings. The van der Waals surface area contributed by atoms with E-state index in [1.807, 2.05) is 30.3 Å². The number of benzene rings is 2. The third-order valence-corrected chi connectivity index (χ3v) is 2.77. The fraction of sp³-hybridized carbons (Fsp3) is 0.118. The zero-order valence-electron chi connectivity index (χ0n) is 12.2. The average Bonchev–Trinajstić information content (AvgIpc) is 2.49. The van der Waals surface area contributed by atoms with Crippen molar-refractivity contribution in [3.63, 3.8) is 0 Å². The van der Waals surface area contributed by atoms with Crippen molar-refractivity contribution in [3.8, 4) is 5.75 Å². The summed E-state index contributed by atoms with van der Waals surface area (Å²) < 4.78 is 5.06. The number of ether oxygens (including phenoxy) is 1. The van der Waals surface area contributed by atoms with Crippen LogP contribution in [0.2, 0.25) is 0 Å². The Morgan fingerprint density at radius 2 is 1.77 bits per heavy atom. The molecule has 0 saturated heterocycles. The van der Waals surface area contributed by atoms with Crippen LogP contribution in [0.25, 0.3) is 0 Å². The second-order valence-electron chi connectivity index (χ2n) is 4.59. The molecule has 22 heavy (non-hydrogen) atoms. The van der Waals surface area contributed by atoms with Gasteiger partial charge in [-0.2, -0.15) is 5.10 Å². The van der Waals surface area contributed by atoms with Crippen LogP contribution < -0.4 is 10.2 Å². The maximum atomic E-state index is 11.8. The molecule has 0 heterocycles. The number of nitrogens with zero attached hydrogens (tertiary/aromatic N) is 1. The summed E-state index contributed by atoms with van der Waals surface area (Å²) in [5.74, 6) is -0.225. The molecule has 2 aromatic rings. The van der Waals surface area contributed by atoms with E-state index in [9.17, 15) is 9.59 Å². The van der Waals surface area contributed by atoms with Crippen molar-refractivity contribution in [1.29, 1.82) is 0 Å². The molecule has 5 heteroatoms. The van der Waals surface area contributed by atoms with Gasteiger partial charge in [-0.25, -0.2) is 5.43 Å². The fourth-order valence-electron chi connectivity index (χ4n) is 1.83. The van der Waals surface area contributed by atoms with Crippen molar-refractivity contribution >= 4 is 18.1 Å². The largest absolute Gasteiger partial charge is 0.426 e. The maximum Gasteiger partial charge on any atom is 0.308 e. The molecule has 0 saturated carbocycles. The Morgan fingerprint density at radius 3 is 2.50 bits per heavy atom. The normalized spacial score (nSPS) is 10.4. The van der Waals surface area contributed by atoms with E-state index in [4.69, 9.17) is 4.74 Å². The van der Waals surface area contributed by atoms with E-state index in [0.717, 1.165) is 5.56 Å². The van der Waals surface area contributed by atoms with Crippen molar-refractivity contribution in [3.05, 3.63) is 65.7 Å². The van der Waals surface area contributed by atoms with Gasteiger partial charge in [-0.1, -0.05) is 42.5 Å². The minimum absolute atomic E-state index is 0.215. The summed E-state index contributed by atoms with van der Waals surface area (Å²) in [6.07, 6.45) is 1.70. The number of esters is 1. The molecule has 0 aliphatic rings. The van der Waals surface area contributed by atoms with Crippen molar-refractivity contribution in [2.24, 2.45) is 5.10 Å². The van der Waals surface area contributed by atoms with Crippen LogP contribution in [-0.4, -0.2) is 18.1 Å². The monoisotopic (exact) mass is 296 g/mol. The Balaban J connectivity index is 1.95. The highest BCUT2D eigenvalue weighted by molar-refractivity contribution is 5.86. The zero-order chi connectivity index (χ0) is 15.8. The van der Waals surface area contributed by atoms with Gasteiger partial charge in [-0.3, -0.25) is 9.59 Å². The summed E-state index contributed by atoms with van der Waals surface area (Å²) in [4.78, 5) is 22.8. The number of nitrogens with one attached hydrogen (secondary N) is 1. The van der Waals surface area contributed by atoms with Crippen LogP contribution in [-0.2, 0) is 16.0 Å². The number of carbonyl (C=O) groups excluding carboxylic acids is 2. The SMILES string of the molecule is CC(=O)Oc1ccccc1/C=N\NC(=O)Cc1ccccc1. The lowest BCUT2D eigenvalue weighted by molar-refractivity contribution is -0.131. The van der Waals surface area contributed by atoms with E-state index in [2.05, 4.69) is 10.5 Å². The smallest absolute Gasteiger partial charge is 0.308 e. The van der Waals surface area contributed by atoms with Crippen LogP contribution in [0.1, 0.15) is 18.1 Å². The van der Waals surface area contributed by atoms with Crippen LogP contribution in [0.3, 0.4) is 0 Å². The minimum Gasteiger partial charge on any atom is -0.426 e. The Labute approximate surface area is 128 Å². The molecule has 0 aliphatic carbocycles. The molecule has 5 nitrogen and oxygen atoms in total. The van der Waals surface area contributed by atoms with Gasteiger partial charge >= 0.3 is 5.97 Å². The first-order chi connectivity index (χ1) is 10.6. The number of rotatable bonds is 5. The Hall–Kier alpha value is -2.95. The summed E-state index contributed by atoms with van der Waals surface area (Å²) in [5, 5.41) is 3.89. The minimum atomic E-state index is -0.408. The summed E-state index contributed by atoms with van der Waals surface area (Å²) in [7, 11) is 0. The van der Waals surface area contributed by atoms with Gasteiger partial charge in [0.15, 0.2) is 0 Å². The van der Waals surface area contributed by atoms with Gasteiger partial charge in [-0.15, -0.1) is 0 Å². The van der Waals surface area contributed by atoms with E-state index in [-0.39, 0.29) is 12.3 Å². The van der Waals surface area contributed by atoms with Crippen LogP contribution in [0.15, 0.2) is 59.7 Å².